The molecule has 1 heterocycles. The summed E-state index contributed by atoms with van der Waals surface area (Å²) in [6.45, 7) is 3.10. The van der Waals surface area contributed by atoms with Crippen LogP contribution in [0.25, 0.3) is 5.69 Å². The number of aliphatic hydroxyl groups excluding tert-OH is 1. The molecule has 1 unspecified atom stereocenters. The van der Waals surface area contributed by atoms with Crippen LogP contribution in [-0.2, 0) is 0 Å². The average molecular weight is 305 g/mol. The standard InChI is InChI=1S/C13H15N5O4/c1-8(7-19)14-13(20)12-9(2)17(16-15-12)10-4-3-5-11(6-10)18(21)22/h3-6,8,19H,7H2,1-2H3,(H,14,20). The van der Waals surface area contributed by atoms with Crippen molar-refractivity contribution in [2.45, 2.75) is 19.9 Å². The van der Waals surface area contributed by atoms with Crippen LogP contribution in [0.3, 0.4) is 0 Å². The summed E-state index contributed by atoms with van der Waals surface area (Å²) in [7, 11) is 0. The molecule has 22 heavy (non-hydrogen) atoms. The zero-order valence-corrected chi connectivity index (χ0v) is 12.1. The lowest BCUT2D eigenvalue weighted by atomic mass is 10.2. The van der Waals surface area contributed by atoms with Crippen molar-refractivity contribution in [2.75, 3.05) is 6.61 Å². The number of carbonyl (C=O) groups excluding carboxylic acids is 1. The van der Waals surface area contributed by atoms with E-state index in [0.717, 1.165) is 0 Å². The van der Waals surface area contributed by atoms with E-state index in [0.29, 0.717) is 11.4 Å². The van der Waals surface area contributed by atoms with Crippen LogP contribution < -0.4 is 5.32 Å². The van der Waals surface area contributed by atoms with Gasteiger partial charge in [0.05, 0.1) is 22.9 Å². The lowest BCUT2D eigenvalue weighted by Gasteiger charge is -2.09. The minimum absolute atomic E-state index is 0.0766. The molecule has 1 amide bonds. The second-order valence-electron chi connectivity index (χ2n) is 4.77. The van der Waals surface area contributed by atoms with E-state index in [1.807, 2.05) is 0 Å². The average Bonchev–Trinajstić information content (AvgIpc) is 2.89. The third-order valence-corrected chi connectivity index (χ3v) is 3.05. The van der Waals surface area contributed by atoms with Gasteiger partial charge in [0.25, 0.3) is 11.6 Å². The number of non-ortho nitro benzene ring substituents is 1. The number of nitro benzene ring substituents is 1. The van der Waals surface area contributed by atoms with E-state index in [4.69, 9.17) is 5.11 Å². The second-order valence-corrected chi connectivity index (χ2v) is 4.77. The molecule has 0 aliphatic rings. The first-order valence-corrected chi connectivity index (χ1v) is 6.53. The number of amides is 1. The van der Waals surface area contributed by atoms with Crippen molar-refractivity contribution in [3.8, 4) is 5.69 Å². The fourth-order valence-electron chi connectivity index (χ4n) is 1.86. The quantitative estimate of drug-likeness (QED) is 0.615. The maximum Gasteiger partial charge on any atom is 0.274 e. The van der Waals surface area contributed by atoms with E-state index in [2.05, 4.69) is 15.6 Å². The highest BCUT2D eigenvalue weighted by Gasteiger charge is 2.19. The number of benzene rings is 1. The van der Waals surface area contributed by atoms with E-state index < -0.39 is 16.9 Å². The minimum Gasteiger partial charge on any atom is -0.394 e. The Kier molecular flexibility index (Phi) is 4.47. The highest BCUT2D eigenvalue weighted by Crippen LogP contribution is 2.18. The van der Waals surface area contributed by atoms with Gasteiger partial charge in [-0.2, -0.15) is 0 Å². The van der Waals surface area contributed by atoms with Gasteiger partial charge < -0.3 is 10.4 Å². The number of hydrogen-bond donors (Lipinski definition) is 2. The molecular formula is C13H15N5O4. The molecule has 9 heteroatoms. The third kappa shape index (κ3) is 3.09. The van der Waals surface area contributed by atoms with Gasteiger partial charge in [0.15, 0.2) is 5.69 Å². The van der Waals surface area contributed by atoms with Gasteiger partial charge in [-0.1, -0.05) is 11.3 Å². The van der Waals surface area contributed by atoms with Crippen LogP contribution in [0.2, 0.25) is 0 Å². The molecule has 2 N–H and O–H groups in total. The maximum atomic E-state index is 12.0. The highest BCUT2D eigenvalue weighted by molar-refractivity contribution is 5.93. The van der Waals surface area contributed by atoms with Crippen molar-refractivity contribution in [1.29, 1.82) is 0 Å². The predicted octanol–water partition coefficient (Wildman–Crippen LogP) is 0.595. The molecular weight excluding hydrogens is 290 g/mol. The van der Waals surface area contributed by atoms with Crippen molar-refractivity contribution in [2.24, 2.45) is 0 Å². The Balaban J connectivity index is 2.33. The van der Waals surface area contributed by atoms with Crippen LogP contribution in [0.1, 0.15) is 23.1 Å². The number of aliphatic hydroxyl groups is 1. The van der Waals surface area contributed by atoms with Crippen LogP contribution in [0.15, 0.2) is 24.3 Å². The molecule has 9 nitrogen and oxygen atoms in total. The maximum absolute atomic E-state index is 12.0. The van der Waals surface area contributed by atoms with Crippen molar-refractivity contribution < 1.29 is 14.8 Å². The Bertz CT molecular complexity index is 712. The molecule has 1 aromatic carbocycles. The smallest absolute Gasteiger partial charge is 0.274 e. The Morgan fingerprint density at radius 1 is 1.55 bits per heavy atom. The Morgan fingerprint density at radius 2 is 2.27 bits per heavy atom. The normalized spacial score (nSPS) is 12.0. The summed E-state index contributed by atoms with van der Waals surface area (Å²) in [5, 5.41) is 30.0. The summed E-state index contributed by atoms with van der Waals surface area (Å²) in [5.74, 6) is -0.462. The molecule has 1 atom stereocenters. The largest absolute Gasteiger partial charge is 0.394 e. The molecule has 2 rings (SSSR count). The molecule has 0 saturated carbocycles. The van der Waals surface area contributed by atoms with E-state index in [9.17, 15) is 14.9 Å². The van der Waals surface area contributed by atoms with Crippen LogP contribution in [-0.4, -0.2) is 43.6 Å². The number of nitrogens with zero attached hydrogens (tertiary/aromatic N) is 4. The number of nitrogens with one attached hydrogen (secondary N) is 1. The molecule has 0 aliphatic heterocycles. The van der Waals surface area contributed by atoms with E-state index >= 15 is 0 Å². The van der Waals surface area contributed by atoms with Gasteiger partial charge in [0, 0.05) is 18.2 Å². The summed E-state index contributed by atoms with van der Waals surface area (Å²) in [4.78, 5) is 22.3. The highest BCUT2D eigenvalue weighted by atomic mass is 16.6. The van der Waals surface area contributed by atoms with Crippen LogP contribution in [0.5, 0.6) is 0 Å². The third-order valence-electron chi connectivity index (χ3n) is 3.05. The molecule has 1 aromatic heterocycles. The summed E-state index contributed by atoms with van der Waals surface area (Å²) >= 11 is 0. The summed E-state index contributed by atoms with van der Waals surface area (Å²) in [6, 6.07) is 5.47. The van der Waals surface area contributed by atoms with Crippen molar-refractivity contribution in [1.82, 2.24) is 20.3 Å². The minimum atomic E-state index is -0.508. The number of aromatic nitrogens is 3. The van der Waals surface area contributed by atoms with Crippen molar-refractivity contribution in [3.05, 3.63) is 45.8 Å². The van der Waals surface area contributed by atoms with Gasteiger partial charge in [-0.15, -0.1) is 5.10 Å². The van der Waals surface area contributed by atoms with Crippen LogP contribution in [0.4, 0.5) is 5.69 Å². The number of carbonyl (C=O) groups is 1. The lowest BCUT2D eigenvalue weighted by molar-refractivity contribution is -0.384. The fraction of sp³-hybridized carbons (Fsp3) is 0.308. The van der Waals surface area contributed by atoms with Crippen LogP contribution >= 0.6 is 0 Å². The monoisotopic (exact) mass is 305 g/mol. The van der Waals surface area contributed by atoms with Crippen LogP contribution in [0, 0.1) is 17.0 Å². The first kappa shape index (κ1) is 15.6. The van der Waals surface area contributed by atoms with Gasteiger partial charge in [-0.3, -0.25) is 14.9 Å². The van der Waals surface area contributed by atoms with Gasteiger partial charge in [0.2, 0.25) is 0 Å². The zero-order valence-electron chi connectivity index (χ0n) is 12.1. The predicted molar refractivity (Wildman–Crippen MR) is 76.8 cm³/mol. The van der Waals surface area contributed by atoms with E-state index in [-0.39, 0.29) is 18.0 Å². The summed E-state index contributed by atoms with van der Waals surface area (Å²) in [5.41, 5.74) is 0.913. The number of hydrogen-bond acceptors (Lipinski definition) is 6. The number of nitro groups is 1. The zero-order chi connectivity index (χ0) is 16.3. The van der Waals surface area contributed by atoms with Crippen molar-refractivity contribution in [3.63, 3.8) is 0 Å². The lowest BCUT2D eigenvalue weighted by Crippen LogP contribution is -2.35. The molecule has 0 radical (unpaired) electrons. The summed E-state index contributed by atoms with van der Waals surface area (Å²) < 4.78 is 1.35. The molecule has 0 fully saturated rings. The van der Waals surface area contributed by atoms with Gasteiger partial charge >= 0.3 is 0 Å². The fourth-order valence-corrected chi connectivity index (χ4v) is 1.86. The summed E-state index contributed by atoms with van der Waals surface area (Å²) in [6.07, 6.45) is 0. The van der Waals surface area contributed by atoms with Crippen molar-refractivity contribution >= 4 is 11.6 Å². The molecule has 0 saturated heterocycles. The van der Waals surface area contributed by atoms with E-state index in [1.165, 1.54) is 22.9 Å². The molecule has 0 spiro atoms. The SMILES string of the molecule is Cc1c(C(=O)NC(C)CO)nnn1-c1cccc([N+](=O)[O-])c1. The molecule has 0 aliphatic carbocycles. The Labute approximate surface area is 125 Å². The molecule has 116 valence electrons. The first-order chi connectivity index (χ1) is 10.4. The first-order valence-electron chi connectivity index (χ1n) is 6.53. The Morgan fingerprint density at radius 3 is 2.91 bits per heavy atom. The van der Waals surface area contributed by atoms with Gasteiger partial charge in [0.1, 0.15) is 0 Å². The van der Waals surface area contributed by atoms with Gasteiger partial charge in [-0.25, -0.2) is 4.68 Å². The van der Waals surface area contributed by atoms with E-state index in [1.54, 1.807) is 19.9 Å². The molecule has 0 bridgehead atoms. The molecule has 2 aromatic rings. The topological polar surface area (TPSA) is 123 Å². The number of rotatable bonds is 5. The van der Waals surface area contributed by atoms with Gasteiger partial charge in [-0.05, 0) is 19.9 Å². The Hall–Kier alpha value is -2.81. The second kappa shape index (κ2) is 6.31.